The van der Waals surface area contributed by atoms with Gasteiger partial charge in [0, 0.05) is 17.5 Å². The summed E-state index contributed by atoms with van der Waals surface area (Å²) in [5, 5.41) is 3.52. The van der Waals surface area contributed by atoms with Crippen molar-refractivity contribution in [1.29, 1.82) is 0 Å². The van der Waals surface area contributed by atoms with Gasteiger partial charge in [-0.05, 0) is 50.0 Å². The van der Waals surface area contributed by atoms with E-state index in [1.807, 2.05) is 0 Å². The van der Waals surface area contributed by atoms with Gasteiger partial charge in [-0.1, -0.05) is 17.8 Å². The lowest BCUT2D eigenvalue weighted by molar-refractivity contribution is 0.0599. The van der Waals surface area contributed by atoms with E-state index in [2.05, 4.69) is 15.2 Å². The van der Waals surface area contributed by atoms with Crippen LogP contribution in [0.2, 0.25) is 0 Å². The van der Waals surface area contributed by atoms with Crippen LogP contribution in [0, 0.1) is 11.7 Å². The van der Waals surface area contributed by atoms with Crippen LogP contribution in [0.5, 0.6) is 0 Å². The van der Waals surface area contributed by atoms with E-state index in [0.717, 1.165) is 32.5 Å². The zero-order valence-corrected chi connectivity index (χ0v) is 13.9. The maximum Gasteiger partial charge on any atom is 0.307 e. The summed E-state index contributed by atoms with van der Waals surface area (Å²) in [7, 11) is 0. The van der Waals surface area contributed by atoms with Gasteiger partial charge in [-0.3, -0.25) is 4.79 Å². The second kappa shape index (κ2) is 6.57. The molecule has 3 fully saturated rings. The van der Waals surface area contributed by atoms with Crippen molar-refractivity contribution in [2.75, 3.05) is 19.6 Å². The summed E-state index contributed by atoms with van der Waals surface area (Å²) in [6, 6.07) is 6.39. The minimum Gasteiger partial charge on any atom is -0.425 e. The first-order chi connectivity index (χ1) is 11.7. The molecule has 4 heterocycles. The molecule has 3 aliphatic heterocycles. The number of carbonyl (C=O) groups excluding carboxylic acids is 1. The largest absolute Gasteiger partial charge is 0.425 e. The lowest BCUT2D eigenvalue weighted by Crippen LogP contribution is -2.57. The van der Waals surface area contributed by atoms with Crippen molar-refractivity contribution in [2.45, 2.75) is 28.9 Å². The maximum absolute atomic E-state index is 13.2. The molecule has 2 bridgehead atoms. The zero-order chi connectivity index (χ0) is 16.5. The highest BCUT2D eigenvalue weighted by Gasteiger charge is 2.35. The van der Waals surface area contributed by atoms with Gasteiger partial charge < -0.3 is 14.6 Å². The van der Waals surface area contributed by atoms with Gasteiger partial charge >= 0.3 is 5.91 Å². The highest BCUT2D eigenvalue weighted by Crippen LogP contribution is 2.29. The molecule has 1 atom stereocenters. The number of piperidine rings is 3. The fourth-order valence-corrected chi connectivity index (χ4v) is 4.19. The molecule has 7 heteroatoms. The summed E-state index contributed by atoms with van der Waals surface area (Å²) in [5.41, 5.74) is 0. The molecular weight excluding hydrogens is 329 g/mol. The van der Waals surface area contributed by atoms with Crippen molar-refractivity contribution in [3.63, 3.8) is 0 Å². The first-order valence-electron chi connectivity index (χ1n) is 8.10. The highest BCUT2D eigenvalue weighted by molar-refractivity contribution is 7.99. The number of nitrogens with zero attached hydrogens (tertiary/aromatic N) is 2. The summed E-state index contributed by atoms with van der Waals surface area (Å²) in [6.45, 7) is 3.16. The SMILES string of the molecule is O=C(N[C@H]1CN2CCC1CC2)c1ncc(Sc2cccc(F)c2)o1. The minimum absolute atomic E-state index is 0.0605. The standard InChI is InChI=1S/C17H18FN3O2S/c18-12-2-1-3-13(8-12)24-15-9-19-17(23-15)16(22)20-14-10-21-6-4-11(14)5-7-21/h1-3,8-9,11,14H,4-7,10H2,(H,20,22)/t14-/m0/s1. The third-order valence-corrected chi connectivity index (χ3v) is 5.55. The van der Waals surface area contributed by atoms with Crippen molar-refractivity contribution < 1.29 is 13.6 Å². The molecule has 5 nitrogen and oxygen atoms in total. The molecule has 1 aromatic carbocycles. The number of aromatic nitrogens is 1. The predicted octanol–water partition coefficient (Wildman–Crippen LogP) is 2.79. The third kappa shape index (κ3) is 3.32. The van der Waals surface area contributed by atoms with Gasteiger partial charge in [-0.25, -0.2) is 9.37 Å². The molecule has 1 aromatic heterocycles. The van der Waals surface area contributed by atoms with Crippen LogP contribution in [0.25, 0.3) is 0 Å². The normalized spacial score (nSPS) is 25.6. The fourth-order valence-electron chi connectivity index (χ4n) is 3.42. The average molecular weight is 347 g/mol. The van der Waals surface area contributed by atoms with Gasteiger partial charge in [0.1, 0.15) is 5.82 Å². The monoisotopic (exact) mass is 347 g/mol. The van der Waals surface area contributed by atoms with Crippen LogP contribution in [-0.2, 0) is 0 Å². The van der Waals surface area contributed by atoms with Crippen molar-refractivity contribution >= 4 is 17.7 Å². The second-order valence-corrected chi connectivity index (χ2v) is 7.34. The number of benzene rings is 1. The summed E-state index contributed by atoms with van der Waals surface area (Å²) in [6.07, 6.45) is 3.77. The average Bonchev–Trinajstić information content (AvgIpc) is 3.05. The molecular formula is C17H18FN3O2S. The second-order valence-electron chi connectivity index (χ2n) is 6.26. The van der Waals surface area contributed by atoms with E-state index in [0.29, 0.717) is 15.9 Å². The van der Waals surface area contributed by atoms with Crippen molar-refractivity contribution in [2.24, 2.45) is 5.92 Å². The van der Waals surface area contributed by atoms with Crippen molar-refractivity contribution in [3.8, 4) is 0 Å². The van der Waals surface area contributed by atoms with Crippen LogP contribution in [0.15, 0.2) is 44.9 Å². The molecule has 1 N–H and O–H groups in total. The Bertz CT molecular complexity index is 743. The minimum atomic E-state index is -0.306. The topological polar surface area (TPSA) is 58.4 Å². The Balaban J connectivity index is 1.40. The predicted molar refractivity (Wildman–Crippen MR) is 87.4 cm³/mol. The first kappa shape index (κ1) is 15.7. The quantitative estimate of drug-likeness (QED) is 0.922. The molecule has 1 amide bonds. The van der Waals surface area contributed by atoms with Gasteiger partial charge in [0.25, 0.3) is 5.89 Å². The number of carbonyl (C=O) groups is 1. The number of rotatable bonds is 4. The lowest BCUT2D eigenvalue weighted by atomic mass is 9.84. The van der Waals surface area contributed by atoms with Gasteiger partial charge in [-0.15, -0.1) is 0 Å². The molecule has 24 heavy (non-hydrogen) atoms. The Labute approximate surface area is 143 Å². The van der Waals surface area contributed by atoms with Gasteiger partial charge in [0.15, 0.2) is 5.09 Å². The summed E-state index contributed by atoms with van der Waals surface area (Å²) in [5.74, 6) is 0.0278. The van der Waals surface area contributed by atoms with Crippen LogP contribution < -0.4 is 5.32 Å². The zero-order valence-electron chi connectivity index (χ0n) is 13.1. The molecule has 0 spiro atoms. The number of fused-ring (bicyclic) bond motifs is 3. The number of amides is 1. The van der Waals surface area contributed by atoms with Crippen LogP contribution in [0.3, 0.4) is 0 Å². The van der Waals surface area contributed by atoms with Gasteiger partial charge in [0.2, 0.25) is 0 Å². The van der Waals surface area contributed by atoms with Crippen LogP contribution in [0.1, 0.15) is 23.5 Å². The number of hydrogen-bond acceptors (Lipinski definition) is 5. The highest BCUT2D eigenvalue weighted by atomic mass is 32.2. The fraction of sp³-hybridized carbons (Fsp3) is 0.412. The van der Waals surface area contributed by atoms with Crippen LogP contribution >= 0.6 is 11.8 Å². The molecule has 0 radical (unpaired) electrons. The number of oxazole rings is 1. The van der Waals surface area contributed by atoms with E-state index < -0.39 is 0 Å². The Kier molecular flexibility index (Phi) is 4.28. The van der Waals surface area contributed by atoms with E-state index in [1.54, 1.807) is 12.1 Å². The number of hydrogen-bond donors (Lipinski definition) is 1. The summed E-state index contributed by atoms with van der Waals surface area (Å²) in [4.78, 5) is 19.5. The van der Waals surface area contributed by atoms with Crippen molar-refractivity contribution in [3.05, 3.63) is 42.2 Å². The molecule has 126 valence electrons. The molecule has 2 aromatic rings. The molecule has 3 aliphatic rings. The molecule has 5 rings (SSSR count). The van der Waals surface area contributed by atoms with E-state index >= 15 is 0 Å². The van der Waals surface area contributed by atoms with E-state index in [1.165, 1.54) is 30.1 Å². The summed E-state index contributed by atoms with van der Waals surface area (Å²) < 4.78 is 18.7. The molecule has 0 unspecified atom stereocenters. The van der Waals surface area contributed by atoms with Crippen molar-refractivity contribution in [1.82, 2.24) is 15.2 Å². The van der Waals surface area contributed by atoms with E-state index in [9.17, 15) is 9.18 Å². The Morgan fingerprint density at radius 2 is 2.21 bits per heavy atom. The Morgan fingerprint density at radius 1 is 1.38 bits per heavy atom. The van der Waals surface area contributed by atoms with E-state index in [4.69, 9.17) is 4.42 Å². The molecule has 0 aliphatic carbocycles. The van der Waals surface area contributed by atoms with Crippen LogP contribution in [-0.4, -0.2) is 41.5 Å². The number of nitrogens with one attached hydrogen (secondary N) is 1. The lowest BCUT2D eigenvalue weighted by Gasteiger charge is -2.44. The van der Waals surface area contributed by atoms with Crippen LogP contribution in [0.4, 0.5) is 4.39 Å². The molecule has 0 saturated carbocycles. The third-order valence-electron chi connectivity index (χ3n) is 4.67. The smallest absolute Gasteiger partial charge is 0.307 e. The summed E-state index contributed by atoms with van der Waals surface area (Å²) >= 11 is 1.24. The number of halogens is 1. The Morgan fingerprint density at radius 3 is 2.92 bits per heavy atom. The first-order valence-corrected chi connectivity index (χ1v) is 8.91. The van der Waals surface area contributed by atoms with Gasteiger partial charge in [0.05, 0.1) is 6.20 Å². The molecule has 3 saturated heterocycles. The Hall–Kier alpha value is -1.86. The van der Waals surface area contributed by atoms with Gasteiger partial charge in [-0.2, -0.15) is 0 Å². The maximum atomic E-state index is 13.2. The van der Waals surface area contributed by atoms with E-state index in [-0.39, 0.29) is 23.7 Å².